The van der Waals surface area contributed by atoms with Gasteiger partial charge >= 0.3 is 0 Å². The predicted molar refractivity (Wildman–Crippen MR) is 228 cm³/mol. The first kappa shape index (κ1) is 32.9. The second-order valence-electron chi connectivity index (χ2n) is 16.7. The number of anilines is 3. The smallest absolute Gasteiger partial charge is 0.0540 e. The fourth-order valence-electron chi connectivity index (χ4n) is 10.7. The summed E-state index contributed by atoms with van der Waals surface area (Å²) in [4.78, 5) is 2.54. The van der Waals surface area contributed by atoms with Crippen molar-refractivity contribution < 1.29 is 0 Å². The number of para-hydroxylation sites is 1. The molecule has 1 nitrogen and oxygen atoms in total. The molecule has 264 valence electrons. The summed E-state index contributed by atoms with van der Waals surface area (Å²) < 4.78 is 0. The molecule has 0 atom stereocenters. The van der Waals surface area contributed by atoms with E-state index in [4.69, 9.17) is 0 Å². The van der Waals surface area contributed by atoms with E-state index in [2.05, 4.69) is 198 Å². The Balaban J connectivity index is 1.23. The fraction of sp³-hybridized carbons (Fsp3) is 0.208. The van der Waals surface area contributed by atoms with Gasteiger partial charge in [-0.1, -0.05) is 163 Å². The summed E-state index contributed by atoms with van der Waals surface area (Å²) in [6.07, 6.45) is 2.16. The van der Waals surface area contributed by atoms with E-state index in [0.717, 1.165) is 12.8 Å². The summed E-state index contributed by atoms with van der Waals surface area (Å²) in [6, 6.07) is 57.6. The first-order chi connectivity index (χ1) is 26.2. The van der Waals surface area contributed by atoms with E-state index in [1.54, 1.807) is 0 Å². The van der Waals surface area contributed by atoms with Gasteiger partial charge in [0.15, 0.2) is 0 Å². The summed E-state index contributed by atoms with van der Waals surface area (Å²) in [6.45, 7) is 14.2. The van der Waals surface area contributed by atoms with E-state index < -0.39 is 0 Å². The van der Waals surface area contributed by atoms with Crippen LogP contribution in [0.3, 0.4) is 0 Å². The molecule has 3 aliphatic rings. The van der Waals surface area contributed by atoms with E-state index in [9.17, 15) is 0 Å². The van der Waals surface area contributed by atoms with Crippen LogP contribution in [0.5, 0.6) is 0 Å². The van der Waals surface area contributed by atoms with Crippen molar-refractivity contribution >= 4 is 17.1 Å². The van der Waals surface area contributed by atoms with Crippen LogP contribution in [0.25, 0.3) is 44.5 Å². The number of benzene rings is 7. The van der Waals surface area contributed by atoms with Crippen LogP contribution in [0.4, 0.5) is 17.1 Å². The minimum absolute atomic E-state index is 0.0291. The van der Waals surface area contributed by atoms with Crippen molar-refractivity contribution in [2.45, 2.75) is 70.6 Å². The SMILES string of the molecule is CCC1(CC)c2ccccc2-c2cc(N(c3ccc4c(c3)C(C)(C)c3ccccc3-4)c3ccccc3-c3cccc4c3-c3ccccc3C4(C)C)ccc21. The highest BCUT2D eigenvalue weighted by molar-refractivity contribution is 5.99. The van der Waals surface area contributed by atoms with Crippen molar-refractivity contribution in [3.8, 4) is 44.5 Å². The van der Waals surface area contributed by atoms with Gasteiger partial charge < -0.3 is 4.90 Å². The average molecular weight is 698 g/mol. The molecule has 3 aliphatic carbocycles. The first-order valence-electron chi connectivity index (χ1n) is 19.8. The van der Waals surface area contributed by atoms with E-state index >= 15 is 0 Å². The van der Waals surface area contributed by atoms with Crippen LogP contribution >= 0.6 is 0 Å². The summed E-state index contributed by atoms with van der Waals surface area (Å²) >= 11 is 0. The number of rotatable bonds is 6. The maximum atomic E-state index is 2.54. The molecular weight excluding hydrogens is 651 g/mol. The van der Waals surface area contributed by atoms with E-state index in [1.165, 1.54) is 95.0 Å². The number of hydrogen-bond acceptors (Lipinski definition) is 1. The van der Waals surface area contributed by atoms with E-state index in [1.807, 2.05) is 0 Å². The monoisotopic (exact) mass is 697 g/mol. The minimum atomic E-state index is -0.110. The Labute approximate surface area is 321 Å². The van der Waals surface area contributed by atoms with Crippen LogP contribution in [0.2, 0.25) is 0 Å². The zero-order valence-electron chi connectivity index (χ0n) is 32.3. The van der Waals surface area contributed by atoms with Crippen molar-refractivity contribution in [1.82, 2.24) is 0 Å². The molecule has 0 aromatic heterocycles. The standard InChI is InChI=1S/C53H47N/c1-7-53(8-2)45-25-15-10-19-37(45)42-32-34(29-31-46(42)53)54(35-28-30-38-36-18-9-13-23-43(36)52(5,6)48(38)33-35)49-27-16-12-20-39(49)40-22-17-26-47-50(40)41-21-11-14-24-44(41)51(47,3)4/h9-33H,7-8H2,1-6H3. The molecule has 7 aromatic carbocycles. The van der Waals surface area contributed by atoms with Crippen LogP contribution in [0.1, 0.15) is 87.8 Å². The first-order valence-corrected chi connectivity index (χ1v) is 19.8. The lowest BCUT2D eigenvalue weighted by Crippen LogP contribution is -2.23. The van der Waals surface area contributed by atoms with Gasteiger partial charge in [-0.3, -0.25) is 0 Å². The second kappa shape index (κ2) is 11.7. The molecule has 0 fully saturated rings. The largest absolute Gasteiger partial charge is 0.310 e. The van der Waals surface area contributed by atoms with Gasteiger partial charge in [-0.25, -0.2) is 0 Å². The Bertz CT molecular complexity index is 2650. The average Bonchev–Trinajstić information content (AvgIpc) is 3.72. The molecule has 0 bridgehead atoms. The second-order valence-corrected chi connectivity index (χ2v) is 16.7. The van der Waals surface area contributed by atoms with Crippen molar-refractivity contribution in [2.75, 3.05) is 4.90 Å². The van der Waals surface area contributed by atoms with Crippen LogP contribution in [-0.4, -0.2) is 0 Å². The zero-order chi connectivity index (χ0) is 37.0. The molecule has 1 heteroatoms. The Morgan fingerprint density at radius 3 is 1.57 bits per heavy atom. The lowest BCUT2D eigenvalue weighted by atomic mass is 9.74. The van der Waals surface area contributed by atoms with Gasteiger partial charge in [-0.05, 0) is 115 Å². The van der Waals surface area contributed by atoms with Gasteiger partial charge in [0, 0.05) is 33.2 Å². The number of hydrogen-bond donors (Lipinski definition) is 0. The van der Waals surface area contributed by atoms with Gasteiger partial charge in [0.1, 0.15) is 0 Å². The third-order valence-corrected chi connectivity index (χ3v) is 13.6. The minimum Gasteiger partial charge on any atom is -0.310 e. The Kier molecular flexibility index (Phi) is 7.12. The zero-order valence-corrected chi connectivity index (χ0v) is 32.3. The van der Waals surface area contributed by atoms with Gasteiger partial charge in [0.2, 0.25) is 0 Å². The van der Waals surface area contributed by atoms with Crippen LogP contribution in [0, 0.1) is 0 Å². The fourth-order valence-corrected chi connectivity index (χ4v) is 10.7. The number of nitrogens with zero attached hydrogens (tertiary/aromatic N) is 1. The quantitative estimate of drug-likeness (QED) is 0.167. The molecule has 0 spiro atoms. The Morgan fingerprint density at radius 1 is 0.370 bits per heavy atom. The highest BCUT2D eigenvalue weighted by Gasteiger charge is 2.42. The molecule has 0 saturated heterocycles. The molecule has 0 heterocycles. The molecule has 54 heavy (non-hydrogen) atoms. The molecular formula is C53H47N. The Hall–Kier alpha value is -5.66. The molecule has 10 rings (SSSR count). The molecule has 0 amide bonds. The van der Waals surface area contributed by atoms with Gasteiger partial charge in [-0.2, -0.15) is 0 Å². The molecule has 0 N–H and O–H groups in total. The molecule has 0 saturated carbocycles. The van der Waals surface area contributed by atoms with Crippen molar-refractivity contribution in [2.24, 2.45) is 0 Å². The third-order valence-electron chi connectivity index (χ3n) is 13.6. The lowest BCUT2D eigenvalue weighted by molar-refractivity contribution is 0.490. The van der Waals surface area contributed by atoms with Gasteiger partial charge in [-0.15, -0.1) is 0 Å². The normalized spacial score (nSPS) is 15.8. The molecule has 0 unspecified atom stereocenters. The lowest BCUT2D eigenvalue weighted by Gasteiger charge is -2.32. The van der Waals surface area contributed by atoms with E-state index in [0.29, 0.717) is 0 Å². The van der Waals surface area contributed by atoms with Crippen molar-refractivity contribution in [3.05, 3.63) is 185 Å². The van der Waals surface area contributed by atoms with E-state index in [-0.39, 0.29) is 16.2 Å². The third kappa shape index (κ3) is 4.33. The molecule has 0 radical (unpaired) electrons. The summed E-state index contributed by atoms with van der Waals surface area (Å²) in [5.41, 5.74) is 22.5. The molecule has 0 aliphatic heterocycles. The van der Waals surface area contributed by atoms with Gasteiger partial charge in [0.05, 0.1) is 5.69 Å². The topological polar surface area (TPSA) is 3.24 Å². The number of fused-ring (bicyclic) bond motifs is 9. The summed E-state index contributed by atoms with van der Waals surface area (Å²) in [5.74, 6) is 0. The summed E-state index contributed by atoms with van der Waals surface area (Å²) in [5, 5.41) is 0. The molecule has 7 aromatic rings. The maximum absolute atomic E-state index is 2.54. The van der Waals surface area contributed by atoms with Crippen LogP contribution < -0.4 is 4.90 Å². The summed E-state index contributed by atoms with van der Waals surface area (Å²) in [7, 11) is 0. The van der Waals surface area contributed by atoms with Crippen molar-refractivity contribution in [3.63, 3.8) is 0 Å². The highest BCUT2D eigenvalue weighted by Crippen LogP contribution is 2.57. The van der Waals surface area contributed by atoms with Crippen LogP contribution in [0.15, 0.2) is 152 Å². The maximum Gasteiger partial charge on any atom is 0.0540 e. The van der Waals surface area contributed by atoms with Crippen LogP contribution in [-0.2, 0) is 16.2 Å². The Morgan fingerprint density at radius 2 is 0.852 bits per heavy atom. The highest BCUT2D eigenvalue weighted by atomic mass is 15.1. The van der Waals surface area contributed by atoms with Gasteiger partial charge in [0.25, 0.3) is 0 Å². The van der Waals surface area contributed by atoms with Crippen molar-refractivity contribution in [1.29, 1.82) is 0 Å². The predicted octanol–water partition coefficient (Wildman–Crippen LogP) is 14.5.